The zero-order chi connectivity index (χ0) is 12.4. The summed E-state index contributed by atoms with van der Waals surface area (Å²) in [5.74, 6) is 0.0174. The standard InChI is InChI=1S/C12H26N2O2/c1-4-6-8-14(9-7-5-2)12(15)11(13)10-16-3/h11H,4-10,13H2,1-3H3. The number of unbranched alkanes of at least 4 members (excludes halogenated alkanes) is 2. The number of carbonyl (C=O) groups is 1. The van der Waals surface area contributed by atoms with Gasteiger partial charge in [-0.1, -0.05) is 26.7 Å². The number of nitrogens with two attached hydrogens (primary N) is 1. The highest BCUT2D eigenvalue weighted by Crippen LogP contribution is 2.02. The van der Waals surface area contributed by atoms with Gasteiger partial charge >= 0.3 is 0 Å². The first-order valence-corrected chi connectivity index (χ1v) is 6.20. The molecule has 0 bridgehead atoms. The van der Waals surface area contributed by atoms with E-state index >= 15 is 0 Å². The summed E-state index contributed by atoms with van der Waals surface area (Å²) in [7, 11) is 1.57. The smallest absolute Gasteiger partial charge is 0.241 e. The average molecular weight is 230 g/mol. The molecule has 0 aliphatic rings. The molecule has 1 unspecified atom stereocenters. The summed E-state index contributed by atoms with van der Waals surface area (Å²) in [6.07, 6.45) is 4.26. The van der Waals surface area contributed by atoms with E-state index in [1.807, 2.05) is 4.90 Å². The van der Waals surface area contributed by atoms with Crippen LogP contribution >= 0.6 is 0 Å². The molecule has 0 rings (SSSR count). The number of carbonyl (C=O) groups excluding carboxylic acids is 1. The van der Waals surface area contributed by atoms with Gasteiger partial charge in [-0.25, -0.2) is 0 Å². The number of rotatable bonds is 9. The van der Waals surface area contributed by atoms with Crippen LogP contribution in [-0.2, 0) is 9.53 Å². The number of ether oxygens (including phenoxy) is 1. The van der Waals surface area contributed by atoms with E-state index in [1.54, 1.807) is 7.11 Å². The van der Waals surface area contributed by atoms with Crippen molar-refractivity contribution in [1.29, 1.82) is 0 Å². The number of methoxy groups -OCH3 is 1. The second-order valence-electron chi connectivity index (χ2n) is 4.09. The van der Waals surface area contributed by atoms with Gasteiger partial charge in [0, 0.05) is 20.2 Å². The molecule has 16 heavy (non-hydrogen) atoms. The molecule has 0 fully saturated rings. The lowest BCUT2D eigenvalue weighted by Crippen LogP contribution is -2.46. The van der Waals surface area contributed by atoms with Crippen molar-refractivity contribution in [2.45, 2.75) is 45.6 Å². The molecule has 0 radical (unpaired) electrons. The molecule has 0 saturated heterocycles. The van der Waals surface area contributed by atoms with Crippen LogP contribution in [0.1, 0.15) is 39.5 Å². The van der Waals surface area contributed by atoms with Gasteiger partial charge < -0.3 is 15.4 Å². The van der Waals surface area contributed by atoms with Crippen LogP contribution in [0.2, 0.25) is 0 Å². The Bertz CT molecular complexity index is 178. The van der Waals surface area contributed by atoms with Crippen LogP contribution in [0.5, 0.6) is 0 Å². The highest BCUT2D eigenvalue weighted by molar-refractivity contribution is 5.81. The molecule has 1 atom stereocenters. The Morgan fingerprint density at radius 2 is 1.75 bits per heavy atom. The monoisotopic (exact) mass is 230 g/mol. The summed E-state index contributed by atoms with van der Waals surface area (Å²) in [6.45, 7) is 6.17. The number of nitrogens with zero attached hydrogens (tertiary/aromatic N) is 1. The Kier molecular flexibility index (Phi) is 9.24. The fourth-order valence-electron chi connectivity index (χ4n) is 1.52. The average Bonchev–Trinajstić information content (AvgIpc) is 2.29. The van der Waals surface area contributed by atoms with Crippen molar-refractivity contribution in [3.8, 4) is 0 Å². The molecule has 0 aromatic heterocycles. The first-order valence-electron chi connectivity index (χ1n) is 6.20. The fourth-order valence-corrected chi connectivity index (χ4v) is 1.52. The van der Waals surface area contributed by atoms with Crippen LogP contribution in [-0.4, -0.2) is 43.7 Å². The fraction of sp³-hybridized carbons (Fsp3) is 0.917. The normalized spacial score (nSPS) is 12.5. The van der Waals surface area contributed by atoms with Crippen molar-refractivity contribution >= 4 is 5.91 Å². The summed E-state index contributed by atoms with van der Waals surface area (Å²) >= 11 is 0. The minimum absolute atomic E-state index is 0.0174. The molecule has 4 nitrogen and oxygen atoms in total. The maximum Gasteiger partial charge on any atom is 0.241 e. The number of hydrogen-bond acceptors (Lipinski definition) is 3. The molecule has 1 amide bonds. The van der Waals surface area contributed by atoms with Crippen molar-refractivity contribution < 1.29 is 9.53 Å². The molecule has 2 N–H and O–H groups in total. The highest BCUT2D eigenvalue weighted by atomic mass is 16.5. The van der Waals surface area contributed by atoms with Gasteiger partial charge in [-0.2, -0.15) is 0 Å². The van der Waals surface area contributed by atoms with Crippen LogP contribution in [0.15, 0.2) is 0 Å². The molecule has 0 spiro atoms. The van der Waals surface area contributed by atoms with E-state index in [2.05, 4.69) is 13.8 Å². The van der Waals surface area contributed by atoms with Gasteiger partial charge in [0.15, 0.2) is 0 Å². The topological polar surface area (TPSA) is 55.6 Å². The van der Waals surface area contributed by atoms with Crippen molar-refractivity contribution in [2.24, 2.45) is 5.73 Å². The van der Waals surface area contributed by atoms with Crippen LogP contribution < -0.4 is 5.73 Å². The third-order valence-corrected chi connectivity index (χ3v) is 2.54. The molecule has 0 aromatic rings. The van der Waals surface area contributed by atoms with E-state index in [-0.39, 0.29) is 5.91 Å². The molecular weight excluding hydrogens is 204 g/mol. The van der Waals surface area contributed by atoms with Gasteiger partial charge in [-0.15, -0.1) is 0 Å². The van der Waals surface area contributed by atoms with Gasteiger partial charge in [0.1, 0.15) is 6.04 Å². The zero-order valence-corrected chi connectivity index (χ0v) is 10.9. The predicted molar refractivity (Wildman–Crippen MR) is 66.2 cm³/mol. The number of hydrogen-bond donors (Lipinski definition) is 1. The lowest BCUT2D eigenvalue weighted by Gasteiger charge is -2.25. The van der Waals surface area contributed by atoms with Gasteiger partial charge in [0.2, 0.25) is 5.91 Å². The zero-order valence-electron chi connectivity index (χ0n) is 10.9. The second kappa shape index (κ2) is 9.60. The third kappa shape index (κ3) is 6.08. The molecular formula is C12H26N2O2. The highest BCUT2D eigenvalue weighted by Gasteiger charge is 2.19. The summed E-state index contributed by atoms with van der Waals surface area (Å²) in [5, 5.41) is 0. The summed E-state index contributed by atoms with van der Waals surface area (Å²) < 4.78 is 4.91. The van der Waals surface area contributed by atoms with Crippen LogP contribution in [0.3, 0.4) is 0 Å². The number of amides is 1. The Morgan fingerprint density at radius 3 is 2.12 bits per heavy atom. The molecule has 0 heterocycles. The maximum absolute atomic E-state index is 12.0. The van der Waals surface area contributed by atoms with Crippen molar-refractivity contribution in [3.05, 3.63) is 0 Å². The Hall–Kier alpha value is -0.610. The van der Waals surface area contributed by atoms with Gasteiger partial charge in [-0.3, -0.25) is 4.79 Å². The summed E-state index contributed by atoms with van der Waals surface area (Å²) in [6, 6.07) is -0.515. The molecule has 0 aliphatic heterocycles. The summed E-state index contributed by atoms with van der Waals surface area (Å²) in [4.78, 5) is 13.8. The van der Waals surface area contributed by atoms with E-state index in [9.17, 15) is 4.79 Å². The Labute approximate surface area is 99.1 Å². The van der Waals surface area contributed by atoms with Crippen molar-refractivity contribution in [2.75, 3.05) is 26.8 Å². The van der Waals surface area contributed by atoms with Crippen LogP contribution in [0.4, 0.5) is 0 Å². The van der Waals surface area contributed by atoms with Crippen molar-refractivity contribution in [3.63, 3.8) is 0 Å². The molecule has 0 aromatic carbocycles. The SMILES string of the molecule is CCCCN(CCCC)C(=O)C(N)COC. The van der Waals surface area contributed by atoms with E-state index in [0.29, 0.717) is 6.61 Å². The van der Waals surface area contributed by atoms with Crippen LogP contribution in [0, 0.1) is 0 Å². The molecule has 4 heteroatoms. The minimum atomic E-state index is -0.515. The summed E-state index contributed by atoms with van der Waals surface area (Å²) in [5.41, 5.74) is 5.76. The maximum atomic E-state index is 12.0. The largest absolute Gasteiger partial charge is 0.383 e. The molecule has 0 saturated carbocycles. The van der Waals surface area contributed by atoms with E-state index in [4.69, 9.17) is 10.5 Å². The van der Waals surface area contributed by atoms with Crippen molar-refractivity contribution in [1.82, 2.24) is 4.90 Å². The van der Waals surface area contributed by atoms with Gasteiger partial charge in [-0.05, 0) is 12.8 Å². The van der Waals surface area contributed by atoms with Gasteiger partial charge in [0.25, 0.3) is 0 Å². The van der Waals surface area contributed by atoms with Crippen LogP contribution in [0.25, 0.3) is 0 Å². The predicted octanol–water partition coefficient (Wildman–Crippen LogP) is 1.39. The minimum Gasteiger partial charge on any atom is -0.383 e. The van der Waals surface area contributed by atoms with E-state index < -0.39 is 6.04 Å². The first kappa shape index (κ1) is 15.4. The van der Waals surface area contributed by atoms with E-state index in [0.717, 1.165) is 38.8 Å². The third-order valence-electron chi connectivity index (χ3n) is 2.54. The molecule has 0 aliphatic carbocycles. The molecule has 96 valence electrons. The second-order valence-corrected chi connectivity index (χ2v) is 4.09. The lowest BCUT2D eigenvalue weighted by molar-refractivity contribution is -0.133. The quantitative estimate of drug-likeness (QED) is 0.651. The van der Waals surface area contributed by atoms with E-state index in [1.165, 1.54) is 0 Å². The lowest BCUT2D eigenvalue weighted by atomic mass is 10.2. The Morgan fingerprint density at radius 1 is 1.25 bits per heavy atom. The van der Waals surface area contributed by atoms with Gasteiger partial charge in [0.05, 0.1) is 6.61 Å². The Balaban J connectivity index is 4.18. The first-order chi connectivity index (χ1) is 7.67.